The number of carbonyl (C=O) groups is 1. The summed E-state index contributed by atoms with van der Waals surface area (Å²) in [6, 6.07) is 5.86. The van der Waals surface area contributed by atoms with E-state index >= 15 is 0 Å². The molecule has 1 atom stereocenters. The van der Waals surface area contributed by atoms with Crippen LogP contribution in [0.2, 0.25) is 0 Å². The van der Waals surface area contributed by atoms with Gasteiger partial charge in [-0.25, -0.2) is 0 Å². The van der Waals surface area contributed by atoms with Crippen LogP contribution in [-0.2, 0) is 4.79 Å². The number of fused-ring (bicyclic) bond motifs is 1. The Morgan fingerprint density at radius 2 is 2.33 bits per heavy atom. The highest BCUT2D eigenvalue weighted by Gasteiger charge is 2.25. The lowest BCUT2D eigenvalue weighted by Gasteiger charge is -2.11. The zero-order valence-corrected chi connectivity index (χ0v) is 10.7. The van der Waals surface area contributed by atoms with Crippen LogP contribution in [0.3, 0.4) is 0 Å². The SMILES string of the molecule is COc1cccc2c1[nH]c(=S)n2C1CNC(=O)C1. The minimum Gasteiger partial charge on any atom is -0.494 e. The lowest BCUT2D eigenvalue weighted by Crippen LogP contribution is -2.15. The fourth-order valence-electron chi connectivity index (χ4n) is 2.43. The van der Waals surface area contributed by atoms with E-state index in [2.05, 4.69) is 10.3 Å². The maximum atomic E-state index is 11.3. The average molecular weight is 263 g/mol. The van der Waals surface area contributed by atoms with E-state index in [1.807, 2.05) is 22.8 Å². The van der Waals surface area contributed by atoms with Gasteiger partial charge in [0.15, 0.2) is 4.77 Å². The van der Waals surface area contributed by atoms with Crippen LogP contribution in [0.4, 0.5) is 0 Å². The molecule has 3 rings (SSSR count). The number of benzene rings is 1. The van der Waals surface area contributed by atoms with Gasteiger partial charge in [-0.05, 0) is 24.4 Å². The number of H-pyrrole nitrogens is 1. The third-order valence-corrected chi connectivity index (χ3v) is 3.55. The molecule has 1 fully saturated rings. The molecule has 2 aromatic rings. The Balaban J connectivity index is 2.20. The third-order valence-electron chi connectivity index (χ3n) is 3.26. The van der Waals surface area contributed by atoms with Crippen LogP contribution in [0.15, 0.2) is 18.2 Å². The van der Waals surface area contributed by atoms with Crippen molar-refractivity contribution in [2.24, 2.45) is 0 Å². The molecule has 0 spiro atoms. The van der Waals surface area contributed by atoms with Crippen molar-refractivity contribution in [3.63, 3.8) is 0 Å². The van der Waals surface area contributed by atoms with Gasteiger partial charge in [-0.2, -0.15) is 0 Å². The van der Waals surface area contributed by atoms with Crippen molar-refractivity contribution in [3.05, 3.63) is 23.0 Å². The summed E-state index contributed by atoms with van der Waals surface area (Å²) in [5.74, 6) is 0.828. The molecule has 0 saturated carbocycles. The largest absolute Gasteiger partial charge is 0.494 e. The second kappa shape index (κ2) is 4.13. The number of ether oxygens (including phenoxy) is 1. The quantitative estimate of drug-likeness (QED) is 0.812. The van der Waals surface area contributed by atoms with Crippen molar-refractivity contribution < 1.29 is 9.53 Å². The second-order valence-corrected chi connectivity index (χ2v) is 4.70. The predicted octanol–water partition coefficient (Wildman–Crippen LogP) is 1.77. The zero-order valence-electron chi connectivity index (χ0n) is 9.90. The fourth-order valence-corrected chi connectivity index (χ4v) is 2.78. The fraction of sp³-hybridized carbons (Fsp3) is 0.333. The molecular formula is C12H13N3O2S. The number of carbonyl (C=O) groups excluding carboxylic acids is 1. The predicted molar refractivity (Wildman–Crippen MR) is 70.3 cm³/mol. The van der Waals surface area contributed by atoms with Crippen molar-refractivity contribution in [3.8, 4) is 5.75 Å². The van der Waals surface area contributed by atoms with Gasteiger partial charge in [-0.1, -0.05) is 6.07 Å². The van der Waals surface area contributed by atoms with E-state index < -0.39 is 0 Å². The number of para-hydroxylation sites is 1. The Hall–Kier alpha value is -1.82. The summed E-state index contributed by atoms with van der Waals surface area (Å²) >= 11 is 5.35. The highest BCUT2D eigenvalue weighted by molar-refractivity contribution is 7.71. The van der Waals surface area contributed by atoms with Crippen molar-refractivity contribution >= 4 is 29.2 Å². The van der Waals surface area contributed by atoms with Gasteiger partial charge in [0.25, 0.3) is 0 Å². The van der Waals surface area contributed by atoms with Crippen molar-refractivity contribution in [1.82, 2.24) is 14.9 Å². The Morgan fingerprint density at radius 3 is 3.00 bits per heavy atom. The van der Waals surface area contributed by atoms with Crippen molar-refractivity contribution in [2.75, 3.05) is 13.7 Å². The average Bonchev–Trinajstić information content (AvgIpc) is 2.91. The Labute approximate surface area is 109 Å². The monoisotopic (exact) mass is 263 g/mol. The van der Waals surface area contributed by atoms with Gasteiger partial charge in [-0.3, -0.25) is 4.79 Å². The summed E-state index contributed by atoms with van der Waals surface area (Å²) in [4.78, 5) is 14.5. The standard InChI is InChI=1S/C12H13N3O2S/c1-17-9-4-2-3-8-11(9)14-12(18)15(8)7-5-10(16)13-6-7/h2-4,7H,5-6H2,1H3,(H,13,16)(H,14,18). The molecule has 1 aliphatic rings. The number of nitrogens with one attached hydrogen (secondary N) is 2. The lowest BCUT2D eigenvalue weighted by atomic mass is 10.2. The summed E-state index contributed by atoms with van der Waals surface area (Å²) in [6.07, 6.45) is 0.471. The number of aromatic amines is 1. The van der Waals surface area contributed by atoms with Gasteiger partial charge in [0, 0.05) is 13.0 Å². The molecule has 18 heavy (non-hydrogen) atoms. The molecule has 1 aromatic heterocycles. The number of imidazole rings is 1. The van der Waals surface area contributed by atoms with Crippen LogP contribution in [0, 0.1) is 4.77 Å². The molecule has 1 aromatic carbocycles. The maximum absolute atomic E-state index is 11.3. The molecule has 6 heteroatoms. The minimum absolute atomic E-state index is 0.0687. The number of nitrogens with zero attached hydrogens (tertiary/aromatic N) is 1. The molecule has 1 saturated heterocycles. The Bertz CT molecular complexity index is 674. The lowest BCUT2D eigenvalue weighted by molar-refractivity contribution is -0.119. The number of aromatic nitrogens is 2. The number of hydrogen-bond acceptors (Lipinski definition) is 3. The first-order valence-corrected chi connectivity index (χ1v) is 6.15. The summed E-state index contributed by atoms with van der Waals surface area (Å²) in [7, 11) is 1.63. The van der Waals surface area contributed by atoms with Gasteiger partial charge in [-0.15, -0.1) is 0 Å². The summed E-state index contributed by atoms with van der Waals surface area (Å²) in [5.41, 5.74) is 1.85. The second-order valence-electron chi connectivity index (χ2n) is 4.32. The first-order valence-electron chi connectivity index (χ1n) is 5.74. The van der Waals surface area contributed by atoms with E-state index in [-0.39, 0.29) is 11.9 Å². The van der Waals surface area contributed by atoms with Crippen molar-refractivity contribution in [2.45, 2.75) is 12.5 Å². The number of rotatable bonds is 2. The molecular weight excluding hydrogens is 250 g/mol. The summed E-state index contributed by atoms with van der Waals surface area (Å²) in [6.45, 7) is 0.622. The van der Waals surface area contributed by atoms with Crippen LogP contribution in [-0.4, -0.2) is 29.1 Å². The van der Waals surface area contributed by atoms with E-state index in [1.54, 1.807) is 7.11 Å². The summed E-state index contributed by atoms with van der Waals surface area (Å²) in [5, 5.41) is 2.83. The van der Waals surface area contributed by atoms with E-state index in [1.165, 1.54) is 0 Å². The molecule has 1 unspecified atom stereocenters. The van der Waals surface area contributed by atoms with Gasteiger partial charge >= 0.3 is 0 Å². The van der Waals surface area contributed by atoms with E-state index in [0.717, 1.165) is 16.8 Å². The first kappa shape index (κ1) is 11.3. The highest BCUT2D eigenvalue weighted by atomic mass is 32.1. The van der Waals surface area contributed by atoms with Crippen LogP contribution in [0.5, 0.6) is 5.75 Å². The molecule has 94 valence electrons. The molecule has 1 aliphatic heterocycles. The number of amides is 1. The molecule has 2 heterocycles. The Kier molecular flexibility index (Phi) is 2.59. The van der Waals surface area contributed by atoms with Gasteiger partial charge in [0.05, 0.1) is 18.7 Å². The first-order chi connectivity index (χ1) is 8.70. The third kappa shape index (κ3) is 1.60. The van der Waals surface area contributed by atoms with Gasteiger partial charge in [0.1, 0.15) is 11.3 Å². The molecule has 0 aliphatic carbocycles. The molecule has 5 nitrogen and oxygen atoms in total. The van der Waals surface area contributed by atoms with E-state index in [4.69, 9.17) is 17.0 Å². The van der Waals surface area contributed by atoms with Crippen LogP contribution in [0.25, 0.3) is 11.0 Å². The van der Waals surface area contributed by atoms with E-state index in [9.17, 15) is 4.79 Å². The minimum atomic E-state index is 0.0687. The van der Waals surface area contributed by atoms with Gasteiger partial charge in [0.2, 0.25) is 5.91 Å². The molecule has 2 N–H and O–H groups in total. The highest BCUT2D eigenvalue weighted by Crippen LogP contribution is 2.28. The van der Waals surface area contributed by atoms with Crippen LogP contribution in [0.1, 0.15) is 12.5 Å². The number of methoxy groups -OCH3 is 1. The Morgan fingerprint density at radius 1 is 1.50 bits per heavy atom. The van der Waals surface area contributed by atoms with Crippen LogP contribution < -0.4 is 10.1 Å². The van der Waals surface area contributed by atoms with Crippen LogP contribution >= 0.6 is 12.2 Å². The van der Waals surface area contributed by atoms with Crippen molar-refractivity contribution in [1.29, 1.82) is 0 Å². The molecule has 0 bridgehead atoms. The zero-order chi connectivity index (χ0) is 12.7. The number of hydrogen-bond donors (Lipinski definition) is 2. The topological polar surface area (TPSA) is 59.0 Å². The van der Waals surface area contributed by atoms with Gasteiger partial charge < -0.3 is 19.6 Å². The maximum Gasteiger partial charge on any atom is 0.222 e. The normalized spacial score (nSPS) is 19.2. The molecule has 1 amide bonds. The smallest absolute Gasteiger partial charge is 0.222 e. The molecule has 0 radical (unpaired) electrons. The summed E-state index contributed by atoms with van der Waals surface area (Å²) < 4.78 is 7.92. The van der Waals surface area contributed by atoms with E-state index in [0.29, 0.717) is 17.7 Å².